The van der Waals surface area contributed by atoms with E-state index in [1.807, 2.05) is 0 Å². The highest BCUT2D eigenvalue weighted by atomic mass is 19.1. The molecule has 0 spiro atoms. The Hall–Kier alpha value is -2.76. The Morgan fingerprint density at radius 2 is 2.05 bits per heavy atom. The molecule has 1 heterocycles. The first-order chi connectivity index (χ1) is 10.0. The lowest BCUT2D eigenvalue weighted by Gasteiger charge is -2.24. The van der Waals surface area contributed by atoms with Gasteiger partial charge in [0, 0.05) is 6.54 Å². The topological polar surface area (TPSA) is 66.5 Å². The van der Waals surface area contributed by atoms with E-state index in [4.69, 9.17) is 0 Å². The number of amides is 4. The third kappa shape index (κ3) is 3.22. The molecule has 1 aliphatic heterocycles. The van der Waals surface area contributed by atoms with E-state index in [-0.39, 0.29) is 17.9 Å². The summed E-state index contributed by atoms with van der Waals surface area (Å²) < 4.78 is 13.0. The highest BCUT2D eigenvalue weighted by Gasteiger charge is 2.34. The number of allylic oxidation sites excluding steroid dienone is 2. The minimum atomic E-state index is -0.737. The van der Waals surface area contributed by atoms with Gasteiger partial charge in [0.1, 0.15) is 11.4 Å². The molecule has 0 atom stereocenters. The molecule has 0 unspecified atom stereocenters. The van der Waals surface area contributed by atoms with Gasteiger partial charge < -0.3 is 0 Å². The number of urea groups is 1. The number of carbonyl (C=O) groups is 3. The summed E-state index contributed by atoms with van der Waals surface area (Å²) in [6.45, 7) is 1.80. The van der Waals surface area contributed by atoms with Crippen molar-refractivity contribution in [2.24, 2.45) is 0 Å². The molecule has 0 bridgehead atoms. The van der Waals surface area contributed by atoms with Gasteiger partial charge in [-0.1, -0.05) is 24.3 Å². The molecule has 0 aromatic heterocycles. The second kappa shape index (κ2) is 6.13. The largest absolute Gasteiger partial charge is 0.331 e. The van der Waals surface area contributed by atoms with E-state index in [1.165, 1.54) is 24.3 Å². The molecule has 1 aromatic carbocycles. The van der Waals surface area contributed by atoms with Gasteiger partial charge in [-0.05, 0) is 30.7 Å². The standard InChI is InChI=1S/C15H13FN2O3/c1-2-18-14(20)12(13(19)17-15(18)21)8-4-6-10-5-3-7-11(16)9-10/h3-9H,2H2,1H3,(H,17,19,21)/b6-4+,12-8+. The SMILES string of the molecule is CCN1C(=O)NC(=O)/C(=C\C=C\c2cccc(F)c2)C1=O. The van der Waals surface area contributed by atoms with Crippen molar-refractivity contribution in [2.75, 3.05) is 6.54 Å². The van der Waals surface area contributed by atoms with Crippen LogP contribution >= 0.6 is 0 Å². The first-order valence-corrected chi connectivity index (χ1v) is 6.34. The fraction of sp³-hybridized carbons (Fsp3) is 0.133. The Bertz CT molecular complexity index is 665. The fourth-order valence-corrected chi connectivity index (χ4v) is 1.87. The zero-order valence-corrected chi connectivity index (χ0v) is 11.3. The molecule has 1 aromatic rings. The molecule has 5 nitrogen and oxygen atoms in total. The van der Waals surface area contributed by atoms with Crippen molar-refractivity contribution in [1.82, 2.24) is 10.2 Å². The average molecular weight is 288 g/mol. The lowest BCUT2D eigenvalue weighted by molar-refractivity contribution is -0.130. The zero-order valence-electron chi connectivity index (χ0n) is 11.3. The molecule has 108 valence electrons. The number of nitrogens with one attached hydrogen (secondary N) is 1. The molecule has 0 aliphatic carbocycles. The van der Waals surface area contributed by atoms with Crippen LogP contribution in [0.1, 0.15) is 12.5 Å². The predicted octanol–water partition coefficient (Wildman–Crippen LogP) is 1.86. The number of imide groups is 2. The molecule has 1 N–H and O–H groups in total. The maximum Gasteiger partial charge on any atom is 0.331 e. The summed E-state index contributed by atoms with van der Waals surface area (Å²) in [5.41, 5.74) is 0.461. The van der Waals surface area contributed by atoms with Crippen LogP contribution in [0.2, 0.25) is 0 Å². The fourth-order valence-electron chi connectivity index (χ4n) is 1.87. The van der Waals surface area contributed by atoms with Crippen LogP contribution in [0.3, 0.4) is 0 Å². The summed E-state index contributed by atoms with van der Waals surface area (Å²) in [4.78, 5) is 35.9. The number of nitrogens with zero attached hydrogens (tertiary/aromatic N) is 1. The maximum atomic E-state index is 13.0. The second-order valence-electron chi connectivity index (χ2n) is 4.30. The molecular weight excluding hydrogens is 275 g/mol. The molecule has 6 heteroatoms. The Labute approximate surface area is 120 Å². The molecule has 1 aliphatic rings. The third-order valence-corrected chi connectivity index (χ3v) is 2.90. The Kier molecular flexibility index (Phi) is 4.27. The van der Waals surface area contributed by atoms with Crippen LogP contribution in [-0.4, -0.2) is 29.3 Å². The summed E-state index contributed by atoms with van der Waals surface area (Å²) in [5, 5.41) is 2.08. The van der Waals surface area contributed by atoms with Gasteiger partial charge in [0.15, 0.2) is 0 Å². The van der Waals surface area contributed by atoms with Crippen LogP contribution in [0.15, 0.2) is 42.0 Å². The van der Waals surface area contributed by atoms with Gasteiger partial charge in [0.2, 0.25) is 0 Å². The van der Waals surface area contributed by atoms with Gasteiger partial charge in [-0.2, -0.15) is 0 Å². The van der Waals surface area contributed by atoms with Gasteiger partial charge in [-0.3, -0.25) is 19.8 Å². The highest BCUT2D eigenvalue weighted by molar-refractivity contribution is 6.28. The number of hydrogen-bond donors (Lipinski definition) is 1. The molecule has 1 fully saturated rings. The number of hydrogen-bond acceptors (Lipinski definition) is 3. The van der Waals surface area contributed by atoms with Crippen molar-refractivity contribution >= 4 is 23.9 Å². The predicted molar refractivity (Wildman–Crippen MR) is 74.4 cm³/mol. The van der Waals surface area contributed by atoms with Crippen molar-refractivity contribution in [1.29, 1.82) is 0 Å². The number of barbiturate groups is 1. The lowest BCUT2D eigenvalue weighted by Crippen LogP contribution is -2.53. The van der Waals surface area contributed by atoms with Crippen molar-refractivity contribution in [3.63, 3.8) is 0 Å². The monoisotopic (exact) mass is 288 g/mol. The molecule has 4 amide bonds. The van der Waals surface area contributed by atoms with Crippen LogP contribution in [-0.2, 0) is 9.59 Å². The number of rotatable bonds is 3. The summed E-state index contributed by atoms with van der Waals surface area (Å²) in [5.74, 6) is -1.76. The van der Waals surface area contributed by atoms with Crippen molar-refractivity contribution < 1.29 is 18.8 Å². The van der Waals surface area contributed by atoms with Crippen LogP contribution < -0.4 is 5.32 Å². The minimum absolute atomic E-state index is 0.135. The highest BCUT2D eigenvalue weighted by Crippen LogP contribution is 2.11. The maximum absolute atomic E-state index is 13.0. The van der Waals surface area contributed by atoms with Crippen LogP contribution in [0.25, 0.3) is 6.08 Å². The van der Waals surface area contributed by atoms with Crippen molar-refractivity contribution in [3.05, 3.63) is 53.4 Å². The smallest absolute Gasteiger partial charge is 0.273 e. The summed E-state index contributed by atoms with van der Waals surface area (Å²) in [6, 6.07) is 5.15. The number of likely N-dealkylation sites (N-methyl/N-ethyl adjacent to an activating group) is 1. The first-order valence-electron chi connectivity index (χ1n) is 6.34. The third-order valence-electron chi connectivity index (χ3n) is 2.90. The number of carbonyl (C=O) groups excluding carboxylic acids is 3. The summed E-state index contributed by atoms with van der Waals surface area (Å²) in [7, 11) is 0. The average Bonchev–Trinajstić information content (AvgIpc) is 2.43. The second-order valence-corrected chi connectivity index (χ2v) is 4.30. The normalized spacial score (nSPS) is 17.7. The molecule has 0 radical (unpaired) electrons. The van der Waals surface area contributed by atoms with Gasteiger partial charge in [-0.15, -0.1) is 0 Å². The van der Waals surface area contributed by atoms with Crippen LogP contribution in [0.5, 0.6) is 0 Å². The summed E-state index contributed by atoms with van der Waals surface area (Å²) >= 11 is 0. The molecular formula is C15H13FN2O3. The van der Waals surface area contributed by atoms with Crippen LogP contribution in [0, 0.1) is 5.82 Å². The van der Waals surface area contributed by atoms with Crippen LogP contribution in [0.4, 0.5) is 9.18 Å². The van der Waals surface area contributed by atoms with E-state index >= 15 is 0 Å². The van der Waals surface area contributed by atoms with E-state index in [1.54, 1.807) is 25.1 Å². The van der Waals surface area contributed by atoms with Gasteiger partial charge in [-0.25, -0.2) is 9.18 Å². The quantitative estimate of drug-likeness (QED) is 0.682. The van der Waals surface area contributed by atoms with E-state index in [9.17, 15) is 18.8 Å². The Morgan fingerprint density at radius 1 is 1.29 bits per heavy atom. The molecule has 1 saturated heterocycles. The minimum Gasteiger partial charge on any atom is -0.273 e. The van der Waals surface area contributed by atoms with Gasteiger partial charge in [0.25, 0.3) is 11.8 Å². The van der Waals surface area contributed by atoms with E-state index in [2.05, 4.69) is 5.32 Å². The molecule has 0 saturated carbocycles. The summed E-state index contributed by atoms with van der Waals surface area (Å²) in [6.07, 6.45) is 4.33. The Morgan fingerprint density at radius 3 is 2.71 bits per heavy atom. The van der Waals surface area contributed by atoms with E-state index < -0.39 is 17.8 Å². The van der Waals surface area contributed by atoms with E-state index in [0.29, 0.717) is 5.56 Å². The Balaban J connectivity index is 2.21. The van der Waals surface area contributed by atoms with E-state index in [0.717, 1.165) is 4.90 Å². The van der Waals surface area contributed by atoms with Gasteiger partial charge in [0.05, 0.1) is 0 Å². The van der Waals surface area contributed by atoms with Gasteiger partial charge >= 0.3 is 6.03 Å². The number of benzene rings is 1. The van der Waals surface area contributed by atoms with Crippen molar-refractivity contribution in [2.45, 2.75) is 6.92 Å². The number of halogens is 1. The lowest BCUT2D eigenvalue weighted by atomic mass is 10.1. The molecule has 2 rings (SSSR count). The zero-order chi connectivity index (χ0) is 15.4. The first kappa shape index (κ1) is 14.6. The molecule has 21 heavy (non-hydrogen) atoms. The van der Waals surface area contributed by atoms with Crippen molar-refractivity contribution in [3.8, 4) is 0 Å².